The van der Waals surface area contributed by atoms with E-state index in [1.807, 2.05) is 0 Å². The second-order valence-electron chi connectivity index (χ2n) is 9.78. The average Bonchev–Trinajstić information content (AvgIpc) is 3.41. The van der Waals surface area contributed by atoms with Crippen molar-refractivity contribution < 1.29 is 79.2 Å². The van der Waals surface area contributed by atoms with Crippen LogP contribution < -0.4 is 0 Å². The van der Waals surface area contributed by atoms with Crippen molar-refractivity contribution in [1.29, 1.82) is 0 Å². The Balaban J connectivity index is 1.59. The molecule has 0 spiro atoms. The van der Waals surface area contributed by atoms with Crippen LogP contribution in [0.5, 0.6) is 0 Å². The number of fused-ring (bicyclic) bond motifs is 1. The first-order valence-corrected chi connectivity index (χ1v) is 12.2. The maximum absolute atomic E-state index is 12.4. The van der Waals surface area contributed by atoms with Gasteiger partial charge in [0.15, 0.2) is 6.29 Å². The van der Waals surface area contributed by atoms with Gasteiger partial charge in [0.2, 0.25) is 12.1 Å². The van der Waals surface area contributed by atoms with E-state index in [1.54, 1.807) is 0 Å². The first-order chi connectivity index (χ1) is 18.5. The molecule has 0 aromatic carbocycles. The predicted octanol–water partition coefficient (Wildman–Crippen LogP) is -5.29. The number of aliphatic hydroxyl groups is 9. The highest BCUT2D eigenvalue weighted by atomic mass is 16.8. The van der Waals surface area contributed by atoms with E-state index in [1.165, 1.54) is 6.08 Å². The summed E-state index contributed by atoms with van der Waals surface area (Å²) in [5.41, 5.74) is -2.05. The molecule has 222 valence electrons. The van der Waals surface area contributed by atoms with Crippen LogP contribution in [0.15, 0.2) is 23.5 Å². The number of carbonyl (C=O) groups excluding carboxylic acids is 1. The van der Waals surface area contributed by atoms with Gasteiger partial charge in [0, 0.05) is 0 Å². The van der Waals surface area contributed by atoms with Crippen LogP contribution in [0.25, 0.3) is 0 Å². The second kappa shape index (κ2) is 11.6. The molecule has 4 aliphatic rings. The minimum atomic E-state index is -2.14. The molecule has 2 saturated heterocycles. The van der Waals surface area contributed by atoms with Gasteiger partial charge in [0.1, 0.15) is 60.5 Å². The Morgan fingerprint density at radius 3 is 2.28 bits per heavy atom. The zero-order valence-electron chi connectivity index (χ0n) is 20.8. The smallest absolute Gasteiger partial charge is 0.339 e. The summed E-state index contributed by atoms with van der Waals surface area (Å²) in [7, 11) is 1.09. The Hall–Kier alpha value is -1.77. The molecule has 0 amide bonds. The van der Waals surface area contributed by atoms with Crippen LogP contribution in [0, 0.1) is 5.92 Å². The lowest BCUT2D eigenvalue weighted by molar-refractivity contribution is -0.344. The van der Waals surface area contributed by atoms with Gasteiger partial charge in [-0.15, -0.1) is 0 Å². The summed E-state index contributed by atoms with van der Waals surface area (Å²) in [6.07, 6.45) is -12.0. The molecule has 1 aliphatic carbocycles. The lowest BCUT2D eigenvalue weighted by atomic mass is 9.79. The molecule has 16 nitrogen and oxygen atoms in total. The van der Waals surface area contributed by atoms with Crippen LogP contribution in [0.4, 0.5) is 0 Å². The Morgan fingerprint density at radius 1 is 1.00 bits per heavy atom. The number of carbonyl (C=O) groups is 1. The molecule has 39 heavy (non-hydrogen) atoms. The van der Waals surface area contributed by atoms with Gasteiger partial charge in [0.05, 0.1) is 39.1 Å². The highest BCUT2D eigenvalue weighted by Crippen LogP contribution is 2.48. The van der Waals surface area contributed by atoms with E-state index in [0.29, 0.717) is 0 Å². The van der Waals surface area contributed by atoms with Crippen molar-refractivity contribution in [3.63, 3.8) is 0 Å². The molecule has 3 heterocycles. The third kappa shape index (κ3) is 5.10. The van der Waals surface area contributed by atoms with Crippen molar-refractivity contribution in [3.05, 3.63) is 23.5 Å². The van der Waals surface area contributed by atoms with E-state index in [9.17, 15) is 50.8 Å². The highest BCUT2D eigenvalue weighted by molar-refractivity contribution is 5.91. The molecule has 0 aromatic rings. The fraction of sp³-hybridized carbons (Fsp3) is 0.783. The van der Waals surface area contributed by atoms with Crippen molar-refractivity contribution in [3.8, 4) is 0 Å². The van der Waals surface area contributed by atoms with Gasteiger partial charge < -0.3 is 74.4 Å². The SMILES string of the molecule is COC(=O)C1=CO[C@@H](O[C@@H]2O[C@H](CO)[C@@H](O)[C@H](O)[C@H]2O)[C@@H]2C(CO[C@]3(CO)O[C@H](CO)[C@@H](O)[C@@H]3O)=CC[C@]12O. The van der Waals surface area contributed by atoms with Gasteiger partial charge in [-0.1, -0.05) is 6.08 Å². The molecule has 3 aliphatic heterocycles. The maximum atomic E-state index is 12.4. The molecule has 4 rings (SSSR count). The number of methoxy groups -OCH3 is 1. The molecule has 0 unspecified atom stereocenters. The number of ether oxygens (including phenoxy) is 6. The summed E-state index contributed by atoms with van der Waals surface area (Å²) in [5, 5.41) is 91.5. The minimum Gasteiger partial charge on any atom is -0.471 e. The molecular formula is C23H34O16. The van der Waals surface area contributed by atoms with Crippen molar-refractivity contribution in [2.45, 2.75) is 73.1 Å². The predicted molar refractivity (Wildman–Crippen MR) is 121 cm³/mol. The Kier molecular flexibility index (Phi) is 8.99. The first-order valence-electron chi connectivity index (χ1n) is 12.2. The fourth-order valence-electron chi connectivity index (χ4n) is 5.25. The third-order valence-electron chi connectivity index (χ3n) is 7.56. The highest BCUT2D eigenvalue weighted by Gasteiger charge is 2.59. The standard InChI is InChI=1S/C23H34O16/c1-34-19(32)10-7-35-20(38-21-17(30)16(29)14(27)11(4-24)37-21)13-9(2-3-22(10,13)33)6-36-23(8-26)18(31)15(28)12(5-25)39-23/h2,7,11-18,20-21,24-31,33H,3-6,8H2,1H3/t11-,12-,13+,14-,15-,16+,17-,18+,20+,21+,22+,23-/m1/s1. The Bertz CT molecular complexity index is 954. The molecule has 9 N–H and O–H groups in total. The lowest BCUT2D eigenvalue weighted by Crippen LogP contribution is -2.61. The van der Waals surface area contributed by atoms with Gasteiger partial charge in [-0.2, -0.15) is 0 Å². The second-order valence-corrected chi connectivity index (χ2v) is 9.78. The molecule has 0 aromatic heterocycles. The lowest BCUT2D eigenvalue weighted by Gasteiger charge is -2.45. The van der Waals surface area contributed by atoms with Crippen LogP contribution in [0.2, 0.25) is 0 Å². The summed E-state index contributed by atoms with van der Waals surface area (Å²) in [6, 6.07) is 0. The van der Waals surface area contributed by atoms with Crippen LogP contribution in [-0.2, 0) is 33.2 Å². The molecule has 2 fully saturated rings. The number of esters is 1. The van der Waals surface area contributed by atoms with Crippen molar-refractivity contribution in [1.82, 2.24) is 0 Å². The zero-order chi connectivity index (χ0) is 28.7. The third-order valence-corrected chi connectivity index (χ3v) is 7.56. The molecule has 0 bridgehead atoms. The zero-order valence-corrected chi connectivity index (χ0v) is 20.8. The molecule has 12 atom stereocenters. The minimum absolute atomic E-state index is 0.174. The summed E-state index contributed by atoms with van der Waals surface area (Å²) in [5.74, 6) is -4.31. The van der Waals surface area contributed by atoms with E-state index in [2.05, 4.69) is 0 Å². The summed E-state index contributed by atoms with van der Waals surface area (Å²) >= 11 is 0. The van der Waals surface area contributed by atoms with Crippen molar-refractivity contribution in [2.24, 2.45) is 5.92 Å². The summed E-state index contributed by atoms with van der Waals surface area (Å²) in [4.78, 5) is 12.4. The summed E-state index contributed by atoms with van der Waals surface area (Å²) < 4.78 is 32.5. The number of hydrogen-bond donors (Lipinski definition) is 9. The number of rotatable bonds is 9. The van der Waals surface area contributed by atoms with Gasteiger partial charge in [0.25, 0.3) is 0 Å². The van der Waals surface area contributed by atoms with Gasteiger partial charge in [-0.05, 0) is 12.0 Å². The number of hydrogen-bond acceptors (Lipinski definition) is 16. The fourth-order valence-corrected chi connectivity index (χ4v) is 5.25. The van der Waals surface area contributed by atoms with Gasteiger partial charge in [-0.25, -0.2) is 4.79 Å². The number of aliphatic hydroxyl groups excluding tert-OH is 8. The van der Waals surface area contributed by atoms with E-state index in [-0.39, 0.29) is 17.6 Å². The largest absolute Gasteiger partial charge is 0.471 e. The van der Waals surface area contributed by atoms with Crippen LogP contribution in [0.3, 0.4) is 0 Å². The van der Waals surface area contributed by atoms with E-state index in [0.717, 1.165) is 13.4 Å². The van der Waals surface area contributed by atoms with Gasteiger partial charge >= 0.3 is 5.97 Å². The average molecular weight is 567 g/mol. The molecule has 0 radical (unpaired) electrons. The van der Waals surface area contributed by atoms with Crippen LogP contribution >= 0.6 is 0 Å². The quantitative estimate of drug-likeness (QED) is 0.0933. The normalized spacial score (nSPS) is 45.8. The first kappa shape index (κ1) is 30.2. The van der Waals surface area contributed by atoms with Crippen molar-refractivity contribution >= 4 is 5.97 Å². The van der Waals surface area contributed by atoms with Gasteiger partial charge in [-0.3, -0.25) is 0 Å². The topological polar surface area (TPSA) is 255 Å². The van der Waals surface area contributed by atoms with E-state index < -0.39 is 105 Å². The molecule has 16 heteroatoms. The van der Waals surface area contributed by atoms with Crippen LogP contribution in [0.1, 0.15) is 6.42 Å². The Morgan fingerprint density at radius 2 is 1.69 bits per heavy atom. The Labute approximate surface area is 221 Å². The summed E-state index contributed by atoms with van der Waals surface area (Å²) in [6.45, 7) is -2.79. The van der Waals surface area contributed by atoms with Crippen LogP contribution in [-0.4, -0.2) is 152 Å². The van der Waals surface area contributed by atoms with E-state index >= 15 is 0 Å². The van der Waals surface area contributed by atoms with Crippen molar-refractivity contribution in [2.75, 3.05) is 33.5 Å². The molecule has 0 saturated carbocycles. The maximum Gasteiger partial charge on any atom is 0.339 e. The van der Waals surface area contributed by atoms with E-state index in [4.69, 9.17) is 28.4 Å². The monoisotopic (exact) mass is 566 g/mol. The molecular weight excluding hydrogens is 532 g/mol.